The Morgan fingerprint density at radius 1 is 0.933 bits per heavy atom. The fraction of sp³-hybridized carbons (Fsp3) is 0.405. The van der Waals surface area contributed by atoms with Gasteiger partial charge in [-0.15, -0.1) is 6.58 Å². The molecule has 0 saturated carbocycles. The lowest BCUT2D eigenvalue weighted by atomic mass is 9.97. The molecule has 1 amide bonds. The van der Waals surface area contributed by atoms with E-state index in [4.69, 9.17) is 14.6 Å². The highest BCUT2D eigenvalue weighted by Gasteiger charge is 2.32. The van der Waals surface area contributed by atoms with Crippen molar-refractivity contribution in [3.8, 4) is 11.1 Å². The zero-order valence-electron chi connectivity index (χ0n) is 26.2. The minimum absolute atomic E-state index is 0.00109. The lowest BCUT2D eigenvalue weighted by Gasteiger charge is -2.37. The van der Waals surface area contributed by atoms with Crippen molar-refractivity contribution in [1.29, 1.82) is 0 Å². The van der Waals surface area contributed by atoms with E-state index in [2.05, 4.69) is 42.0 Å². The molecule has 3 unspecified atom stereocenters. The smallest absolute Gasteiger partial charge is 0.303 e. The molecule has 3 N–H and O–H groups in total. The summed E-state index contributed by atoms with van der Waals surface area (Å²) in [6.45, 7) is 5.81. The lowest BCUT2D eigenvalue weighted by Crippen LogP contribution is -2.37. The van der Waals surface area contributed by atoms with E-state index < -0.39 is 12.3 Å². The third kappa shape index (κ3) is 10.6. The van der Waals surface area contributed by atoms with Gasteiger partial charge in [0, 0.05) is 44.5 Å². The molecule has 45 heavy (non-hydrogen) atoms. The van der Waals surface area contributed by atoms with Gasteiger partial charge >= 0.3 is 5.97 Å². The van der Waals surface area contributed by atoms with Crippen molar-refractivity contribution >= 4 is 11.9 Å². The Morgan fingerprint density at radius 2 is 1.62 bits per heavy atom. The van der Waals surface area contributed by atoms with Crippen LogP contribution in [0.5, 0.6) is 0 Å². The van der Waals surface area contributed by atoms with Gasteiger partial charge in [-0.05, 0) is 47.7 Å². The quantitative estimate of drug-likeness (QED) is 0.117. The first kappa shape index (κ1) is 34.1. The summed E-state index contributed by atoms with van der Waals surface area (Å²) in [7, 11) is 2.06. The van der Waals surface area contributed by atoms with Crippen LogP contribution in [0.3, 0.4) is 0 Å². The maximum absolute atomic E-state index is 12.5. The summed E-state index contributed by atoms with van der Waals surface area (Å²) in [4.78, 5) is 25.3. The maximum Gasteiger partial charge on any atom is 0.303 e. The van der Waals surface area contributed by atoms with Crippen molar-refractivity contribution in [3.05, 3.63) is 108 Å². The number of rotatable bonds is 17. The van der Waals surface area contributed by atoms with Gasteiger partial charge in [0.1, 0.15) is 0 Å². The molecule has 0 aliphatic carbocycles. The van der Waals surface area contributed by atoms with E-state index in [1.807, 2.05) is 60.7 Å². The van der Waals surface area contributed by atoms with Crippen LogP contribution < -0.4 is 5.32 Å². The standard InChI is InChI=1S/C37H46N2O6/c1-3-22-39(2)25-32-23-34(29-16-14-27(26-40)15-17-29)45-37(44-32)30-20-18-28(19-21-30)33-11-9-8-10-31(33)24-38-35(41)12-6-4-5-7-13-36(42)43/h3,8-11,14-21,32,34,37,40H,1,4-7,12-13,22-26H2,2H3,(H,38,41)(H,42,43). The Bertz CT molecular complexity index is 1370. The summed E-state index contributed by atoms with van der Waals surface area (Å²) in [5.41, 5.74) is 5.97. The van der Waals surface area contributed by atoms with Gasteiger partial charge in [0.15, 0.2) is 6.29 Å². The topological polar surface area (TPSA) is 108 Å². The molecule has 1 fully saturated rings. The van der Waals surface area contributed by atoms with Crippen LogP contribution in [0.15, 0.2) is 85.5 Å². The molecular formula is C37H46N2O6. The highest BCUT2D eigenvalue weighted by molar-refractivity contribution is 5.76. The predicted octanol–water partition coefficient (Wildman–Crippen LogP) is 6.55. The molecule has 1 saturated heterocycles. The molecule has 1 aliphatic heterocycles. The number of aliphatic hydroxyl groups excluding tert-OH is 1. The number of hydrogen-bond donors (Lipinski definition) is 3. The average Bonchev–Trinajstić information content (AvgIpc) is 3.05. The number of carbonyl (C=O) groups excluding carboxylic acids is 1. The molecule has 3 aromatic carbocycles. The van der Waals surface area contributed by atoms with Gasteiger partial charge in [0.2, 0.25) is 5.91 Å². The van der Waals surface area contributed by atoms with E-state index in [9.17, 15) is 14.7 Å². The molecule has 0 bridgehead atoms. The third-order valence-electron chi connectivity index (χ3n) is 8.10. The van der Waals surface area contributed by atoms with Crippen molar-refractivity contribution in [2.45, 2.75) is 76.6 Å². The molecular weight excluding hydrogens is 568 g/mol. The van der Waals surface area contributed by atoms with Crippen molar-refractivity contribution in [1.82, 2.24) is 10.2 Å². The highest BCUT2D eigenvalue weighted by Crippen LogP contribution is 2.38. The Morgan fingerprint density at radius 3 is 2.31 bits per heavy atom. The number of hydrogen-bond acceptors (Lipinski definition) is 6. The number of nitrogens with zero attached hydrogens (tertiary/aromatic N) is 1. The van der Waals surface area contributed by atoms with Crippen LogP contribution in [-0.2, 0) is 32.2 Å². The molecule has 0 spiro atoms. The highest BCUT2D eigenvalue weighted by atomic mass is 16.7. The minimum atomic E-state index is -0.775. The largest absolute Gasteiger partial charge is 0.481 e. The van der Waals surface area contributed by atoms with E-state index in [1.54, 1.807) is 0 Å². The summed E-state index contributed by atoms with van der Waals surface area (Å²) in [6.07, 6.45) is 5.57. The monoisotopic (exact) mass is 614 g/mol. The summed E-state index contributed by atoms with van der Waals surface area (Å²) < 4.78 is 13.0. The molecule has 3 aromatic rings. The van der Waals surface area contributed by atoms with E-state index in [1.165, 1.54) is 0 Å². The van der Waals surface area contributed by atoms with Gasteiger partial charge in [0.25, 0.3) is 0 Å². The second-order valence-corrected chi connectivity index (χ2v) is 11.7. The number of carboxylic acid groups (broad SMARTS) is 1. The van der Waals surface area contributed by atoms with Gasteiger partial charge in [-0.1, -0.05) is 91.7 Å². The Hall–Kier alpha value is -3.82. The number of ether oxygens (including phenoxy) is 2. The first-order valence-corrected chi connectivity index (χ1v) is 15.8. The second kappa shape index (κ2) is 17.6. The molecule has 1 heterocycles. The van der Waals surface area contributed by atoms with Gasteiger partial charge < -0.3 is 29.9 Å². The number of unbranched alkanes of at least 4 members (excludes halogenated alkanes) is 3. The Labute approximate surface area is 266 Å². The van der Waals surface area contributed by atoms with Gasteiger partial charge in [0.05, 0.1) is 18.8 Å². The molecule has 8 heteroatoms. The first-order valence-electron chi connectivity index (χ1n) is 15.8. The molecule has 0 aromatic heterocycles. The summed E-state index contributed by atoms with van der Waals surface area (Å²) in [5.74, 6) is -0.776. The molecule has 4 rings (SSSR count). The van der Waals surface area contributed by atoms with Crippen molar-refractivity contribution in [3.63, 3.8) is 0 Å². The van der Waals surface area contributed by atoms with E-state index in [-0.39, 0.29) is 31.1 Å². The molecule has 8 nitrogen and oxygen atoms in total. The van der Waals surface area contributed by atoms with Crippen LogP contribution in [0.4, 0.5) is 0 Å². The number of aliphatic carboxylic acids is 1. The number of amides is 1. The van der Waals surface area contributed by atoms with Gasteiger partial charge in [-0.3, -0.25) is 9.59 Å². The number of benzene rings is 3. The van der Waals surface area contributed by atoms with Crippen LogP contribution in [0.1, 0.15) is 79.6 Å². The van der Waals surface area contributed by atoms with Gasteiger partial charge in [-0.2, -0.15) is 0 Å². The van der Waals surface area contributed by atoms with E-state index in [0.29, 0.717) is 19.4 Å². The minimum Gasteiger partial charge on any atom is -0.481 e. The number of carbonyl (C=O) groups is 2. The zero-order valence-corrected chi connectivity index (χ0v) is 26.2. The SMILES string of the molecule is C=CCN(C)CC1CC(c2ccc(CO)cc2)OC(c2ccc(-c3ccccc3CNC(=O)CCCCCCC(=O)O)cc2)O1. The van der Waals surface area contributed by atoms with Crippen LogP contribution in [0, 0.1) is 0 Å². The third-order valence-corrected chi connectivity index (χ3v) is 8.10. The average molecular weight is 615 g/mol. The van der Waals surface area contributed by atoms with Crippen LogP contribution >= 0.6 is 0 Å². The number of carboxylic acids is 1. The Balaban J connectivity index is 1.40. The molecule has 1 aliphatic rings. The zero-order chi connectivity index (χ0) is 32.0. The molecule has 0 radical (unpaired) electrons. The predicted molar refractivity (Wildman–Crippen MR) is 175 cm³/mol. The summed E-state index contributed by atoms with van der Waals surface area (Å²) in [5, 5.41) is 21.3. The van der Waals surface area contributed by atoms with Crippen molar-refractivity contribution in [2.24, 2.45) is 0 Å². The van der Waals surface area contributed by atoms with Crippen molar-refractivity contribution < 1.29 is 29.3 Å². The lowest BCUT2D eigenvalue weighted by molar-refractivity contribution is -0.252. The van der Waals surface area contributed by atoms with Crippen LogP contribution in [-0.4, -0.2) is 53.2 Å². The van der Waals surface area contributed by atoms with Crippen LogP contribution in [0.2, 0.25) is 0 Å². The normalized spacial score (nSPS) is 18.1. The Kier molecular flexibility index (Phi) is 13.3. The number of nitrogens with one attached hydrogen (secondary N) is 1. The van der Waals surface area contributed by atoms with E-state index in [0.717, 1.165) is 72.2 Å². The first-order chi connectivity index (χ1) is 21.9. The summed E-state index contributed by atoms with van der Waals surface area (Å²) in [6, 6.07) is 24.2. The fourth-order valence-electron chi connectivity index (χ4n) is 5.65. The molecule has 240 valence electrons. The van der Waals surface area contributed by atoms with E-state index >= 15 is 0 Å². The number of aliphatic hydroxyl groups is 1. The van der Waals surface area contributed by atoms with Crippen LogP contribution in [0.25, 0.3) is 11.1 Å². The number of likely N-dealkylation sites (N-methyl/N-ethyl adjacent to an activating group) is 1. The maximum atomic E-state index is 12.5. The molecule has 3 atom stereocenters. The fourth-order valence-corrected chi connectivity index (χ4v) is 5.65. The van der Waals surface area contributed by atoms with Gasteiger partial charge in [-0.25, -0.2) is 0 Å². The second-order valence-electron chi connectivity index (χ2n) is 11.7. The van der Waals surface area contributed by atoms with Crippen molar-refractivity contribution in [2.75, 3.05) is 20.1 Å². The summed E-state index contributed by atoms with van der Waals surface area (Å²) >= 11 is 0.